The average Bonchev–Trinajstić information content (AvgIpc) is 3.21. The third kappa shape index (κ3) is 15.1. The molecule has 0 spiro atoms. The molecule has 2 atom stereocenters. The van der Waals surface area contributed by atoms with E-state index < -0.39 is 7.82 Å². The SMILES string of the molecule is CCc1cccc(C(CCCCc2c(C)ccc3ccccc23)N(C)C)c1.CCc1cccc(C(CCCCc2c(C)ccc3ccccc23)N(C)C)c1.O=P(O)(O)O. The van der Waals surface area contributed by atoms with Gasteiger partial charge < -0.3 is 24.5 Å². The summed E-state index contributed by atoms with van der Waals surface area (Å²) in [4.78, 5) is 26.3. The van der Waals surface area contributed by atoms with E-state index in [9.17, 15) is 0 Å². The fourth-order valence-corrected chi connectivity index (χ4v) is 8.32. The van der Waals surface area contributed by atoms with Gasteiger partial charge in [0.15, 0.2) is 0 Å². The molecule has 0 bridgehead atoms. The van der Waals surface area contributed by atoms with Crippen LogP contribution >= 0.6 is 7.82 Å². The Morgan fingerprint density at radius 1 is 0.508 bits per heavy atom. The second-order valence-corrected chi connectivity index (χ2v) is 17.4. The highest BCUT2D eigenvalue weighted by Gasteiger charge is 2.16. The van der Waals surface area contributed by atoms with Gasteiger partial charge >= 0.3 is 7.82 Å². The molecule has 6 rings (SSSR count). The van der Waals surface area contributed by atoms with Gasteiger partial charge in [0.25, 0.3) is 0 Å². The van der Waals surface area contributed by atoms with E-state index in [4.69, 9.17) is 19.2 Å². The molecule has 3 N–H and O–H groups in total. The van der Waals surface area contributed by atoms with E-state index in [-0.39, 0.29) is 0 Å². The molecule has 7 heteroatoms. The minimum absolute atomic E-state index is 0.505. The number of aryl methyl sites for hydroxylation is 6. The van der Waals surface area contributed by atoms with Crippen LogP contribution in [0.5, 0.6) is 0 Å². The van der Waals surface area contributed by atoms with Crippen LogP contribution in [-0.2, 0) is 30.2 Å². The monoisotopic (exact) mass is 816 g/mol. The highest BCUT2D eigenvalue weighted by atomic mass is 31.2. The lowest BCUT2D eigenvalue weighted by Crippen LogP contribution is -2.20. The zero-order valence-electron chi connectivity index (χ0n) is 36.9. The summed E-state index contributed by atoms with van der Waals surface area (Å²) < 4.78 is 8.88. The topological polar surface area (TPSA) is 84.2 Å². The number of fused-ring (bicyclic) bond motifs is 2. The average molecular weight is 817 g/mol. The van der Waals surface area contributed by atoms with Gasteiger partial charge in [0, 0.05) is 12.1 Å². The van der Waals surface area contributed by atoms with Gasteiger partial charge in [-0.3, -0.25) is 0 Å². The number of nitrogens with zero attached hydrogens (tertiary/aromatic N) is 2. The van der Waals surface area contributed by atoms with Gasteiger partial charge in [-0.05, 0) is 159 Å². The normalized spacial score (nSPS) is 12.6. The molecule has 0 saturated heterocycles. The van der Waals surface area contributed by atoms with Crippen LogP contribution in [0.25, 0.3) is 21.5 Å². The molecule has 316 valence electrons. The first kappa shape index (κ1) is 47.5. The Morgan fingerprint density at radius 3 is 1.24 bits per heavy atom. The molecular weight excluding hydrogens is 748 g/mol. The molecule has 6 nitrogen and oxygen atoms in total. The molecular formula is C52H69N2O4P. The maximum absolute atomic E-state index is 8.88. The number of benzene rings is 6. The lowest BCUT2D eigenvalue weighted by Gasteiger charge is -2.25. The molecule has 0 radical (unpaired) electrons. The Morgan fingerprint density at radius 2 is 0.881 bits per heavy atom. The van der Waals surface area contributed by atoms with Gasteiger partial charge in [0.1, 0.15) is 0 Å². The first-order valence-electron chi connectivity index (χ1n) is 21.4. The van der Waals surface area contributed by atoms with E-state index in [0.717, 1.165) is 12.8 Å². The van der Waals surface area contributed by atoms with Crippen molar-refractivity contribution in [2.45, 2.75) is 104 Å². The molecule has 0 aliphatic carbocycles. The molecule has 0 amide bonds. The molecule has 2 unspecified atom stereocenters. The largest absolute Gasteiger partial charge is 0.466 e. The van der Waals surface area contributed by atoms with Crippen LogP contribution in [0.15, 0.2) is 121 Å². The van der Waals surface area contributed by atoms with Crippen molar-refractivity contribution < 1.29 is 19.2 Å². The Bertz CT molecular complexity index is 2090. The van der Waals surface area contributed by atoms with Crippen LogP contribution in [0.3, 0.4) is 0 Å². The zero-order valence-corrected chi connectivity index (χ0v) is 37.8. The van der Waals surface area contributed by atoms with E-state index in [1.54, 1.807) is 0 Å². The predicted octanol–water partition coefficient (Wildman–Crippen LogP) is 12.5. The zero-order chi connectivity index (χ0) is 43.0. The van der Waals surface area contributed by atoms with Gasteiger partial charge in [-0.2, -0.15) is 0 Å². The summed E-state index contributed by atoms with van der Waals surface area (Å²) in [5.74, 6) is 0. The predicted molar refractivity (Wildman–Crippen MR) is 251 cm³/mol. The van der Waals surface area contributed by atoms with E-state index in [2.05, 4.69) is 187 Å². The van der Waals surface area contributed by atoms with Crippen molar-refractivity contribution in [3.63, 3.8) is 0 Å². The quantitative estimate of drug-likeness (QED) is 0.0666. The van der Waals surface area contributed by atoms with Gasteiger partial charge in [0.05, 0.1) is 0 Å². The lowest BCUT2D eigenvalue weighted by atomic mass is 9.93. The highest BCUT2D eigenvalue weighted by molar-refractivity contribution is 7.45. The van der Waals surface area contributed by atoms with Crippen molar-refractivity contribution in [2.75, 3.05) is 28.2 Å². The van der Waals surface area contributed by atoms with Crippen molar-refractivity contribution >= 4 is 29.4 Å². The summed E-state index contributed by atoms with van der Waals surface area (Å²) in [6.07, 6.45) is 12.0. The fraction of sp³-hybridized carbons (Fsp3) is 0.385. The van der Waals surface area contributed by atoms with Crippen molar-refractivity contribution in [1.29, 1.82) is 0 Å². The first-order valence-corrected chi connectivity index (χ1v) is 23.0. The highest BCUT2D eigenvalue weighted by Crippen LogP contribution is 2.30. The Labute approximate surface area is 355 Å². The van der Waals surface area contributed by atoms with Crippen molar-refractivity contribution in [2.24, 2.45) is 0 Å². The Kier molecular flexibility index (Phi) is 19.0. The second kappa shape index (κ2) is 23.6. The third-order valence-electron chi connectivity index (χ3n) is 11.6. The molecule has 6 aromatic carbocycles. The molecule has 0 saturated carbocycles. The number of rotatable bonds is 16. The molecule has 0 aliphatic rings. The fourth-order valence-electron chi connectivity index (χ4n) is 8.32. The van der Waals surface area contributed by atoms with Crippen LogP contribution in [0, 0.1) is 13.8 Å². The minimum Gasteiger partial charge on any atom is -0.303 e. The molecule has 0 fully saturated rings. The Balaban J connectivity index is 0.000000234. The maximum Gasteiger partial charge on any atom is 0.466 e. The molecule has 6 aromatic rings. The number of hydrogen-bond donors (Lipinski definition) is 3. The number of phosphoric acid groups is 1. The van der Waals surface area contributed by atoms with Crippen LogP contribution in [-0.4, -0.2) is 52.7 Å². The summed E-state index contributed by atoms with van der Waals surface area (Å²) in [6, 6.07) is 45.9. The molecule has 0 aromatic heterocycles. The standard InChI is InChI=1S/2C26H33N.H3O4P/c2*1-5-21-11-10-13-23(19-21)26(27(3)4)16-9-8-14-24-20(2)17-18-22-12-6-7-15-25(22)24;1-5(2,3)4/h2*6-7,10-13,15,17-19,26H,5,8-9,14,16H2,1-4H3;(H3,1,2,3,4). The van der Waals surface area contributed by atoms with Crippen LogP contribution in [0.2, 0.25) is 0 Å². The summed E-state index contributed by atoms with van der Waals surface area (Å²) >= 11 is 0. The van der Waals surface area contributed by atoms with Gasteiger partial charge in [-0.15, -0.1) is 0 Å². The summed E-state index contributed by atoms with van der Waals surface area (Å²) in [5, 5.41) is 5.58. The van der Waals surface area contributed by atoms with Gasteiger partial charge in [-0.1, -0.05) is 148 Å². The minimum atomic E-state index is -4.64. The smallest absolute Gasteiger partial charge is 0.303 e. The summed E-state index contributed by atoms with van der Waals surface area (Å²) in [5.41, 5.74) is 11.7. The summed E-state index contributed by atoms with van der Waals surface area (Å²) in [7, 11) is 4.19. The molecule has 0 aliphatic heterocycles. The van der Waals surface area contributed by atoms with Crippen molar-refractivity contribution in [3.05, 3.63) is 166 Å². The van der Waals surface area contributed by atoms with E-state index >= 15 is 0 Å². The number of hydrogen-bond acceptors (Lipinski definition) is 3. The maximum atomic E-state index is 8.88. The van der Waals surface area contributed by atoms with Gasteiger partial charge in [-0.25, -0.2) is 4.57 Å². The van der Waals surface area contributed by atoms with E-state index in [1.807, 2.05) is 0 Å². The number of unbranched alkanes of at least 4 members (excludes halogenated alkanes) is 2. The van der Waals surface area contributed by atoms with Crippen molar-refractivity contribution in [1.82, 2.24) is 9.80 Å². The molecule has 0 heterocycles. The van der Waals surface area contributed by atoms with Crippen LogP contribution in [0.4, 0.5) is 0 Å². The van der Waals surface area contributed by atoms with E-state index in [0.29, 0.717) is 12.1 Å². The van der Waals surface area contributed by atoms with Crippen molar-refractivity contribution in [3.8, 4) is 0 Å². The van der Waals surface area contributed by atoms with Gasteiger partial charge in [0.2, 0.25) is 0 Å². The van der Waals surface area contributed by atoms with E-state index in [1.165, 1.54) is 117 Å². The first-order chi connectivity index (χ1) is 28.2. The molecule has 59 heavy (non-hydrogen) atoms. The third-order valence-corrected chi connectivity index (χ3v) is 11.6. The Hall–Kier alpha value is -4.13. The lowest BCUT2D eigenvalue weighted by molar-refractivity contribution is 0.275. The summed E-state index contributed by atoms with van der Waals surface area (Å²) in [6.45, 7) is 8.97. The van der Waals surface area contributed by atoms with Crippen LogP contribution < -0.4 is 0 Å². The van der Waals surface area contributed by atoms with Crippen LogP contribution in [0.1, 0.15) is 109 Å². The second-order valence-electron chi connectivity index (χ2n) is 16.3.